The van der Waals surface area contributed by atoms with Crippen LogP contribution in [-0.2, 0) is 0 Å². The number of nitro groups is 1. The topological polar surface area (TPSA) is 102 Å². The predicted octanol–water partition coefficient (Wildman–Crippen LogP) is 4.62. The summed E-state index contributed by atoms with van der Waals surface area (Å²) in [6, 6.07) is 15.4. The molecule has 0 aliphatic rings. The zero-order valence-electron chi connectivity index (χ0n) is 14.6. The minimum atomic E-state index is -0.746. The Kier molecular flexibility index (Phi) is 4.83. The van der Waals surface area contributed by atoms with Gasteiger partial charge in [-0.3, -0.25) is 14.9 Å². The number of rotatable bonds is 5. The number of carbonyl (C=O) groups excluding carboxylic acids is 1. The van der Waals surface area contributed by atoms with Gasteiger partial charge >= 0.3 is 11.8 Å². The molecule has 0 fully saturated rings. The maximum Gasteiger partial charge on any atom is 0.433 e. The van der Waals surface area contributed by atoms with E-state index in [2.05, 4.69) is 10.1 Å². The third kappa shape index (κ3) is 3.87. The monoisotopic (exact) mass is 410 g/mol. The van der Waals surface area contributed by atoms with Crippen LogP contribution in [0.4, 0.5) is 15.4 Å². The Bertz CT molecular complexity index is 1240. The highest BCUT2D eigenvalue weighted by atomic mass is 32.1. The van der Waals surface area contributed by atoms with E-state index in [-0.39, 0.29) is 10.9 Å². The van der Waals surface area contributed by atoms with Gasteiger partial charge in [-0.05, 0) is 29.8 Å². The van der Waals surface area contributed by atoms with Gasteiger partial charge in [-0.2, -0.15) is 10.1 Å². The van der Waals surface area contributed by atoms with E-state index in [0.717, 1.165) is 28.0 Å². The van der Waals surface area contributed by atoms with Gasteiger partial charge in [0.25, 0.3) is 0 Å². The number of hydrogen-bond donors (Lipinski definition) is 0. The Morgan fingerprint density at radius 3 is 2.72 bits per heavy atom. The standard InChI is InChI=1S/C19H11FN4O4S/c20-13-6-7-14-16(10-13)29-19(22-14)23(21-11-12-4-2-1-3-5-12)18(25)15-8-9-17(28-15)24(26)27/h1-11H/b21-11+. The number of hydrogen-bond acceptors (Lipinski definition) is 7. The van der Waals surface area contributed by atoms with Gasteiger partial charge in [-0.25, -0.2) is 9.37 Å². The van der Waals surface area contributed by atoms with Gasteiger partial charge in [0.15, 0.2) is 0 Å². The molecule has 10 heteroatoms. The number of hydrazone groups is 1. The fourth-order valence-corrected chi connectivity index (χ4v) is 3.42. The summed E-state index contributed by atoms with van der Waals surface area (Å²) in [6.45, 7) is 0. The smallest absolute Gasteiger partial charge is 0.395 e. The van der Waals surface area contributed by atoms with Crippen molar-refractivity contribution in [2.75, 3.05) is 5.01 Å². The molecule has 2 heterocycles. The number of benzene rings is 2. The molecule has 4 aromatic rings. The molecular formula is C19H11FN4O4S. The summed E-state index contributed by atoms with van der Waals surface area (Å²) >= 11 is 1.06. The maximum absolute atomic E-state index is 13.5. The fourth-order valence-electron chi connectivity index (χ4n) is 2.47. The quantitative estimate of drug-likeness (QED) is 0.271. The predicted molar refractivity (Wildman–Crippen MR) is 106 cm³/mol. The summed E-state index contributed by atoms with van der Waals surface area (Å²) < 4.78 is 19.0. The van der Waals surface area contributed by atoms with E-state index in [1.165, 1.54) is 30.5 Å². The lowest BCUT2D eigenvalue weighted by molar-refractivity contribution is -0.402. The van der Waals surface area contributed by atoms with Crippen LogP contribution in [0.5, 0.6) is 0 Å². The van der Waals surface area contributed by atoms with E-state index in [0.29, 0.717) is 10.2 Å². The van der Waals surface area contributed by atoms with E-state index in [9.17, 15) is 19.3 Å². The van der Waals surface area contributed by atoms with Gasteiger partial charge in [0.1, 0.15) is 10.7 Å². The molecule has 0 saturated carbocycles. The highest BCUT2D eigenvalue weighted by Gasteiger charge is 2.26. The summed E-state index contributed by atoms with van der Waals surface area (Å²) in [5.41, 5.74) is 1.22. The van der Waals surface area contributed by atoms with Crippen LogP contribution >= 0.6 is 11.3 Å². The molecule has 2 aromatic heterocycles. The summed E-state index contributed by atoms with van der Waals surface area (Å²) in [7, 11) is 0. The van der Waals surface area contributed by atoms with Gasteiger partial charge < -0.3 is 4.42 Å². The molecule has 2 aromatic carbocycles. The van der Waals surface area contributed by atoms with Gasteiger partial charge in [-0.15, -0.1) is 0 Å². The number of aromatic nitrogens is 1. The number of carbonyl (C=O) groups is 1. The van der Waals surface area contributed by atoms with E-state index < -0.39 is 22.5 Å². The third-order valence-electron chi connectivity index (χ3n) is 3.82. The molecule has 8 nitrogen and oxygen atoms in total. The summed E-state index contributed by atoms with van der Waals surface area (Å²) in [5.74, 6) is -2.01. The number of nitrogens with zero attached hydrogens (tertiary/aromatic N) is 4. The van der Waals surface area contributed by atoms with E-state index in [1.807, 2.05) is 18.2 Å². The highest BCUT2D eigenvalue weighted by molar-refractivity contribution is 7.22. The molecular weight excluding hydrogens is 399 g/mol. The van der Waals surface area contributed by atoms with Crippen molar-refractivity contribution >= 4 is 44.7 Å². The normalized spacial score (nSPS) is 11.2. The zero-order chi connectivity index (χ0) is 20.4. The van der Waals surface area contributed by atoms with Crippen LogP contribution in [-0.4, -0.2) is 22.0 Å². The Labute approximate surface area is 166 Å². The lowest BCUT2D eigenvalue weighted by Crippen LogP contribution is -2.25. The second-order valence-corrected chi connectivity index (χ2v) is 6.78. The van der Waals surface area contributed by atoms with Gasteiger partial charge in [0.2, 0.25) is 10.9 Å². The van der Waals surface area contributed by atoms with Crippen molar-refractivity contribution in [1.82, 2.24) is 4.98 Å². The van der Waals surface area contributed by atoms with Crippen LogP contribution in [0.3, 0.4) is 0 Å². The Hall–Kier alpha value is -3.92. The molecule has 0 spiro atoms. The summed E-state index contributed by atoms with van der Waals surface area (Å²) in [6.07, 6.45) is 1.45. The number of amides is 1. The van der Waals surface area contributed by atoms with Crippen LogP contribution in [0, 0.1) is 15.9 Å². The SMILES string of the molecule is O=C(c1ccc([N+](=O)[O-])o1)N(/N=C/c1ccccc1)c1nc2ccc(F)cc2s1. The van der Waals surface area contributed by atoms with Crippen molar-refractivity contribution in [3.8, 4) is 0 Å². The molecule has 0 aliphatic carbocycles. The van der Waals surface area contributed by atoms with Crippen molar-refractivity contribution in [3.05, 3.63) is 87.9 Å². The molecule has 144 valence electrons. The lowest BCUT2D eigenvalue weighted by atomic mass is 10.2. The molecule has 0 saturated heterocycles. The highest BCUT2D eigenvalue weighted by Crippen LogP contribution is 2.31. The van der Waals surface area contributed by atoms with Crippen LogP contribution < -0.4 is 5.01 Å². The minimum Gasteiger partial charge on any atom is -0.395 e. The van der Waals surface area contributed by atoms with Crippen LogP contribution in [0.25, 0.3) is 10.2 Å². The van der Waals surface area contributed by atoms with Crippen LogP contribution in [0.2, 0.25) is 0 Å². The third-order valence-corrected chi connectivity index (χ3v) is 4.81. The molecule has 0 unspecified atom stereocenters. The number of fused-ring (bicyclic) bond motifs is 1. The Morgan fingerprint density at radius 2 is 2.00 bits per heavy atom. The number of anilines is 1. The first kappa shape index (κ1) is 18.4. The summed E-state index contributed by atoms with van der Waals surface area (Å²) in [5, 5.41) is 16.2. The Morgan fingerprint density at radius 1 is 1.21 bits per heavy atom. The van der Waals surface area contributed by atoms with Crippen molar-refractivity contribution in [1.29, 1.82) is 0 Å². The number of halogens is 1. The summed E-state index contributed by atoms with van der Waals surface area (Å²) in [4.78, 5) is 27.4. The van der Waals surface area contributed by atoms with Crippen LogP contribution in [0.1, 0.15) is 16.1 Å². The van der Waals surface area contributed by atoms with Crippen molar-refractivity contribution in [2.24, 2.45) is 5.10 Å². The van der Waals surface area contributed by atoms with E-state index >= 15 is 0 Å². The molecule has 0 N–H and O–H groups in total. The average Bonchev–Trinajstić information content (AvgIpc) is 3.36. The lowest BCUT2D eigenvalue weighted by Gasteiger charge is -2.11. The molecule has 1 amide bonds. The second kappa shape index (κ2) is 7.60. The maximum atomic E-state index is 13.5. The van der Waals surface area contributed by atoms with Crippen molar-refractivity contribution in [3.63, 3.8) is 0 Å². The van der Waals surface area contributed by atoms with Crippen molar-refractivity contribution in [2.45, 2.75) is 0 Å². The second-order valence-electron chi connectivity index (χ2n) is 5.78. The first-order chi connectivity index (χ1) is 14.0. The molecule has 0 atom stereocenters. The first-order valence-corrected chi connectivity index (χ1v) is 9.07. The van der Waals surface area contributed by atoms with Gasteiger partial charge in [0, 0.05) is 0 Å². The number of furan rings is 1. The zero-order valence-corrected chi connectivity index (χ0v) is 15.4. The molecule has 0 bridgehead atoms. The van der Waals surface area contributed by atoms with Gasteiger partial charge in [0.05, 0.1) is 22.5 Å². The van der Waals surface area contributed by atoms with Gasteiger partial charge in [-0.1, -0.05) is 41.7 Å². The fraction of sp³-hybridized carbons (Fsp3) is 0. The first-order valence-electron chi connectivity index (χ1n) is 8.25. The average molecular weight is 410 g/mol. The largest absolute Gasteiger partial charge is 0.433 e. The molecule has 0 aliphatic heterocycles. The van der Waals surface area contributed by atoms with E-state index in [1.54, 1.807) is 12.1 Å². The molecule has 0 radical (unpaired) electrons. The number of thiazole rings is 1. The van der Waals surface area contributed by atoms with Crippen LogP contribution in [0.15, 0.2) is 70.2 Å². The molecule has 29 heavy (non-hydrogen) atoms. The van der Waals surface area contributed by atoms with Crippen molar-refractivity contribution < 1.29 is 18.5 Å². The Balaban J connectivity index is 1.75. The molecule has 4 rings (SSSR count). The van der Waals surface area contributed by atoms with E-state index in [4.69, 9.17) is 4.42 Å². The minimum absolute atomic E-state index is 0.168.